The van der Waals surface area contributed by atoms with Crippen LogP contribution in [0.15, 0.2) is 0 Å². The molecule has 12 heavy (non-hydrogen) atoms. The Bertz CT molecular complexity index is 173. The van der Waals surface area contributed by atoms with Crippen LogP contribution in [0.4, 0.5) is 0 Å². The molecule has 0 saturated heterocycles. The van der Waals surface area contributed by atoms with E-state index in [9.17, 15) is 0 Å². The van der Waals surface area contributed by atoms with Gasteiger partial charge in [-0.3, -0.25) is 0 Å². The number of nitrogens with zero attached hydrogens (tertiary/aromatic N) is 2. The molecule has 0 fully saturated rings. The average Bonchev–Trinajstić information content (AvgIpc) is 1.87. The van der Waals surface area contributed by atoms with Crippen LogP contribution in [0.5, 0.6) is 0 Å². The highest BCUT2D eigenvalue weighted by atomic mass is 14.3. The van der Waals surface area contributed by atoms with Gasteiger partial charge >= 0.3 is 0 Å². The zero-order valence-corrected chi connectivity index (χ0v) is 8.68. The smallest absolute Gasteiger partial charge is 0.0680 e. The van der Waals surface area contributed by atoms with E-state index in [4.69, 9.17) is 10.5 Å². The van der Waals surface area contributed by atoms with Gasteiger partial charge in [0.1, 0.15) is 0 Å². The van der Waals surface area contributed by atoms with Gasteiger partial charge in [0.15, 0.2) is 0 Å². The number of rotatable bonds is 1. The molecule has 0 radical (unpaired) electrons. The maximum absolute atomic E-state index is 8.15. The van der Waals surface area contributed by atoms with Crippen molar-refractivity contribution in [2.75, 3.05) is 0 Å². The highest BCUT2D eigenvalue weighted by Crippen LogP contribution is 2.08. The molecule has 0 amide bonds. The zero-order valence-electron chi connectivity index (χ0n) is 8.68. The Hall–Kier alpha value is -1.02. The molecule has 68 valence electrons. The van der Waals surface area contributed by atoms with Gasteiger partial charge in [-0.15, -0.1) is 0 Å². The summed E-state index contributed by atoms with van der Waals surface area (Å²) >= 11 is 0. The summed E-state index contributed by atoms with van der Waals surface area (Å²) in [6.45, 7) is 9.71. The first-order chi connectivity index (χ1) is 5.33. The van der Waals surface area contributed by atoms with Crippen molar-refractivity contribution in [3.05, 3.63) is 0 Å². The largest absolute Gasteiger partial charge is 0.198 e. The first-order valence-corrected chi connectivity index (χ1v) is 4.11. The second-order valence-corrected chi connectivity index (χ2v) is 4.12. The highest BCUT2D eigenvalue weighted by molar-refractivity contribution is 4.86. The fourth-order valence-corrected chi connectivity index (χ4v) is 0.183. The van der Waals surface area contributed by atoms with E-state index in [-0.39, 0.29) is 5.41 Å². The molecule has 0 aromatic rings. The molecule has 0 aromatic heterocycles. The van der Waals surface area contributed by atoms with Crippen molar-refractivity contribution in [2.24, 2.45) is 11.3 Å². The fraction of sp³-hybridized carbons (Fsp3) is 0.800. The normalized spacial score (nSPS) is 9.33. The van der Waals surface area contributed by atoms with Gasteiger partial charge in [-0.1, -0.05) is 13.8 Å². The molecule has 0 aliphatic heterocycles. The van der Waals surface area contributed by atoms with Crippen molar-refractivity contribution < 1.29 is 0 Å². The summed E-state index contributed by atoms with van der Waals surface area (Å²) in [6.07, 6.45) is 0.681. The average molecular weight is 166 g/mol. The van der Waals surface area contributed by atoms with Crippen LogP contribution in [-0.4, -0.2) is 0 Å². The van der Waals surface area contributed by atoms with Crippen molar-refractivity contribution in [2.45, 2.75) is 41.0 Å². The van der Waals surface area contributed by atoms with Crippen LogP contribution in [0.2, 0.25) is 0 Å². The molecule has 0 aliphatic rings. The van der Waals surface area contributed by atoms with E-state index in [1.807, 2.05) is 34.6 Å². The van der Waals surface area contributed by atoms with E-state index in [2.05, 4.69) is 12.1 Å². The molecule has 0 rings (SSSR count). The summed E-state index contributed by atoms with van der Waals surface area (Å²) in [5.74, 6) is 0.537. The Labute approximate surface area is 75.8 Å². The zero-order chi connectivity index (χ0) is 10.2. The molecular formula is C10H18N2. The summed E-state index contributed by atoms with van der Waals surface area (Å²) in [5.41, 5.74) is -0.153. The van der Waals surface area contributed by atoms with Gasteiger partial charge < -0.3 is 0 Å². The quantitative estimate of drug-likeness (QED) is 0.601. The van der Waals surface area contributed by atoms with Crippen molar-refractivity contribution in [1.29, 1.82) is 10.5 Å². The van der Waals surface area contributed by atoms with Gasteiger partial charge in [-0.05, 0) is 26.7 Å². The summed E-state index contributed by atoms with van der Waals surface area (Å²) in [4.78, 5) is 0. The monoisotopic (exact) mass is 166 g/mol. The van der Waals surface area contributed by atoms with Crippen molar-refractivity contribution in [3.8, 4) is 12.1 Å². The lowest BCUT2D eigenvalue weighted by molar-refractivity contribution is 0.561. The molecule has 0 saturated carbocycles. The van der Waals surface area contributed by atoms with Crippen LogP contribution in [-0.2, 0) is 0 Å². The molecule has 0 atom stereocenters. The molecule has 0 heterocycles. The first-order valence-electron chi connectivity index (χ1n) is 4.11. The summed E-state index contributed by atoms with van der Waals surface area (Å²) in [5, 5.41) is 16.1. The maximum Gasteiger partial charge on any atom is 0.0680 e. The van der Waals surface area contributed by atoms with Crippen LogP contribution in [0, 0.1) is 34.0 Å². The summed E-state index contributed by atoms with van der Waals surface area (Å²) in [7, 11) is 0. The van der Waals surface area contributed by atoms with Crippen LogP contribution in [0.1, 0.15) is 41.0 Å². The Morgan fingerprint density at radius 1 is 1.17 bits per heavy atom. The molecule has 0 N–H and O–H groups in total. The van der Waals surface area contributed by atoms with E-state index in [1.54, 1.807) is 0 Å². The summed E-state index contributed by atoms with van der Waals surface area (Å²) in [6, 6.07) is 4.17. The lowest BCUT2D eigenvalue weighted by Gasteiger charge is -2.01. The Kier molecular flexibility index (Phi) is 7.54. The number of hydrogen-bond donors (Lipinski definition) is 0. The fourth-order valence-electron chi connectivity index (χ4n) is 0.183. The van der Waals surface area contributed by atoms with Crippen LogP contribution >= 0.6 is 0 Å². The van der Waals surface area contributed by atoms with Crippen LogP contribution < -0.4 is 0 Å². The van der Waals surface area contributed by atoms with Crippen molar-refractivity contribution in [3.63, 3.8) is 0 Å². The molecule has 0 unspecified atom stereocenters. The minimum Gasteiger partial charge on any atom is -0.198 e. The molecular weight excluding hydrogens is 148 g/mol. The molecule has 0 aliphatic carbocycles. The summed E-state index contributed by atoms with van der Waals surface area (Å²) < 4.78 is 0. The first kappa shape index (κ1) is 13.6. The Morgan fingerprint density at radius 3 is 1.50 bits per heavy atom. The molecule has 0 aromatic carbocycles. The maximum atomic E-state index is 8.15. The van der Waals surface area contributed by atoms with E-state index in [0.29, 0.717) is 12.3 Å². The number of hydrogen-bond acceptors (Lipinski definition) is 2. The van der Waals surface area contributed by atoms with E-state index in [0.717, 1.165) is 0 Å². The predicted octanol–water partition coefficient (Wildman–Crippen LogP) is 3.11. The molecule has 0 bridgehead atoms. The van der Waals surface area contributed by atoms with E-state index >= 15 is 0 Å². The third-order valence-electron chi connectivity index (χ3n) is 0.835. The predicted molar refractivity (Wildman–Crippen MR) is 50.1 cm³/mol. The van der Waals surface area contributed by atoms with Crippen LogP contribution in [0.3, 0.4) is 0 Å². The van der Waals surface area contributed by atoms with Gasteiger partial charge in [0, 0.05) is 11.8 Å². The van der Waals surface area contributed by atoms with Gasteiger partial charge in [0.25, 0.3) is 0 Å². The third-order valence-corrected chi connectivity index (χ3v) is 0.835. The SMILES string of the molecule is CC(C)(C)C#N.CC(C)CC#N. The van der Waals surface area contributed by atoms with Gasteiger partial charge in [0.05, 0.1) is 12.1 Å². The topological polar surface area (TPSA) is 47.6 Å². The second-order valence-electron chi connectivity index (χ2n) is 4.12. The third kappa shape index (κ3) is 23.1. The Balaban J connectivity index is 0. The van der Waals surface area contributed by atoms with Crippen molar-refractivity contribution >= 4 is 0 Å². The molecule has 2 heteroatoms. The van der Waals surface area contributed by atoms with Crippen LogP contribution in [0.25, 0.3) is 0 Å². The lowest BCUT2D eigenvalue weighted by Crippen LogP contribution is -1.97. The van der Waals surface area contributed by atoms with E-state index in [1.165, 1.54) is 0 Å². The highest BCUT2D eigenvalue weighted by Gasteiger charge is 2.04. The molecule has 2 nitrogen and oxygen atoms in total. The minimum absolute atomic E-state index is 0.153. The number of nitriles is 2. The minimum atomic E-state index is -0.153. The van der Waals surface area contributed by atoms with Gasteiger partial charge in [0.2, 0.25) is 0 Å². The second kappa shape index (κ2) is 6.68. The van der Waals surface area contributed by atoms with Crippen molar-refractivity contribution in [1.82, 2.24) is 0 Å². The van der Waals surface area contributed by atoms with Gasteiger partial charge in [-0.25, -0.2) is 0 Å². The molecule has 0 spiro atoms. The Morgan fingerprint density at radius 2 is 1.50 bits per heavy atom. The van der Waals surface area contributed by atoms with Gasteiger partial charge in [-0.2, -0.15) is 10.5 Å². The van der Waals surface area contributed by atoms with E-state index < -0.39 is 0 Å². The lowest BCUT2D eigenvalue weighted by atomic mass is 10.0. The standard InChI is InChI=1S/2C5H9N/c1-5(2,3)4-6;1-5(2)3-4-6/h1-3H3;5H,3H2,1-2H3.